The van der Waals surface area contributed by atoms with Crippen LogP contribution in [-0.2, 0) is 0 Å². The maximum absolute atomic E-state index is 12.0. The number of halogens is 1. The van der Waals surface area contributed by atoms with E-state index < -0.39 is 0 Å². The van der Waals surface area contributed by atoms with Crippen LogP contribution in [0.5, 0.6) is 5.75 Å². The topological polar surface area (TPSA) is 39.2 Å². The molecule has 102 valence electrons. The van der Waals surface area contributed by atoms with E-state index in [4.69, 9.17) is 4.74 Å². The quantitative estimate of drug-likeness (QED) is 0.459. The lowest BCUT2D eigenvalue weighted by Crippen LogP contribution is -1.99. The highest BCUT2D eigenvalue weighted by atomic mass is 79.9. The molecule has 0 atom stereocenters. The molecule has 20 heavy (non-hydrogen) atoms. The molecule has 0 spiro atoms. The van der Waals surface area contributed by atoms with Crippen molar-refractivity contribution < 1.29 is 9.53 Å². The number of benzene rings is 1. The molecule has 4 heteroatoms. The number of carbonyl (C=O) groups excluding carboxylic acids is 1. The number of nitrogens with zero attached hydrogens (tertiary/aromatic N) is 1. The van der Waals surface area contributed by atoms with Crippen molar-refractivity contribution in [2.45, 2.75) is 0 Å². The SMILES string of the molecule is O=C(/C=C/c1ccccn1)c1ccc(OCCBr)cc1. The van der Waals surface area contributed by atoms with Gasteiger partial charge in [-0.2, -0.15) is 0 Å². The first-order valence-electron chi connectivity index (χ1n) is 6.22. The van der Waals surface area contributed by atoms with Crippen LogP contribution in [0.2, 0.25) is 0 Å². The van der Waals surface area contributed by atoms with Crippen LogP contribution in [0.4, 0.5) is 0 Å². The number of ether oxygens (including phenoxy) is 1. The van der Waals surface area contributed by atoms with Gasteiger partial charge in [-0.1, -0.05) is 22.0 Å². The Bertz CT molecular complexity index is 579. The van der Waals surface area contributed by atoms with E-state index in [1.807, 2.05) is 18.2 Å². The molecule has 0 bridgehead atoms. The molecular formula is C16H14BrNO2. The van der Waals surface area contributed by atoms with Gasteiger partial charge in [-0.15, -0.1) is 0 Å². The van der Waals surface area contributed by atoms with Crippen molar-refractivity contribution in [3.63, 3.8) is 0 Å². The number of aromatic nitrogens is 1. The number of allylic oxidation sites excluding steroid dienone is 1. The molecule has 0 N–H and O–H groups in total. The van der Waals surface area contributed by atoms with Crippen LogP contribution in [0, 0.1) is 0 Å². The average molecular weight is 332 g/mol. The second-order valence-corrected chi connectivity index (χ2v) is 4.81. The molecule has 1 heterocycles. The summed E-state index contributed by atoms with van der Waals surface area (Å²) in [6.07, 6.45) is 4.93. The molecule has 0 amide bonds. The van der Waals surface area contributed by atoms with E-state index in [1.165, 1.54) is 6.08 Å². The van der Waals surface area contributed by atoms with Gasteiger partial charge < -0.3 is 4.74 Å². The Morgan fingerprint density at radius 2 is 2.00 bits per heavy atom. The number of ketones is 1. The Hall–Kier alpha value is -1.94. The molecule has 0 aliphatic carbocycles. The van der Waals surface area contributed by atoms with Crippen LogP contribution in [0.15, 0.2) is 54.7 Å². The summed E-state index contributed by atoms with van der Waals surface area (Å²) >= 11 is 3.29. The zero-order valence-electron chi connectivity index (χ0n) is 10.8. The maximum Gasteiger partial charge on any atom is 0.185 e. The summed E-state index contributed by atoms with van der Waals surface area (Å²) in [6.45, 7) is 0.604. The number of hydrogen-bond donors (Lipinski definition) is 0. The highest BCUT2D eigenvalue weighted by molar-refractivity contribution is 9.09. The Morgan fingerprint density at radius 1 is 1.20 bits per heavy atom. The molecule has 0 radical (unpaired) electrons. The van der Waals surface area contributed by atoms with Gasteiger partial charge in [0.15, 0.2) is 5.78 Å². The van der Waals surface area contributed by atoms with Crippen molar-refractivity contribution in [2.24, 2.45) is 0 Å². The second-order valence-electron chi connectivity index (χ2n) is 4.01. The fourth-order valence-electron chi connectivity index (χ4n) is 1.60. The van der Waals surface area contributed by atoms with Crippen molar-refractivity contribution in [1.29, 1.82) is 0 Å². The van der Waals surface area contributed by atoms with Crippen LogP contribution >= 0.6 is 15.9 Å². The van der Waals surface area contributed by atoms with Gasteiger partial charge in [-0.05, 0) is 48.6 Å². The predicted octanol–water partition coefficient (Wildman–Crippen LogP) is 3.75. The van der Waals surface area contributed by atoms with Crippen LogP contribution in [0.1, 0.15) is 16.1 Å². The molecule has 0 aliphatic rings. The monoisotopic (exact) mass is 331 g/mol. The minimum absolute atomic E-state index is 0.0531. The number of alkyl halides is 1. The lowest BCUT2D eigenvalue weighted by Gasteiger charge is -2.04. The number of pyridine rings is 1. The van der Waals surface area contributed by atoms with E-state index in [-0.39, 0.29) is 5.78 Å². The lowest BCUT2D eigenvalue weighted by molar-refractivity contribution is 0.104. The molecule has 2 aromatic rings. The number of hydrogen-bond acceptors (Lipinski definition) is 3. The van der Waals surface area contributed by atoms with E-state index in [9.17, 15) is 4.79 Å². The zero-order valence-corrected chi connectivity index (χ0v) is 12.4. The molecule has 0 saturated carbocycles. The van der Waals surface area contributed by atoms with E-state index in [2.05, 4.69) is 20.9 Å². The predicted molar refractivity (Wildman–Crippen MR) is 83.3 cm³/mol. The molecule has 0 aliphatic heterocycles. The van der Waals surface area contributed by atoms with Crippen molar-refractivity contribution in [1.82, 2.24) is 4.98 Å². The molecule has 0 unspecified atom stereocenters. The summed E-state index contributed by atoms with van der Waals surface area (Å²) in [7, 11) is 0. The van der Waals surface area contributed by atoms with E-state index >= 15 is 0 Å². The van der Waals surface area contributed by atoms with Crippen LogP contribution in [-0.4, -0.2) is 22.7 Å². The normalized spacial score (nSPS) is 10.7. The fraction of sp³-hybridized carbons (Fsp3) is 0.125. The zero-order chi connectivity index (χ0) is 14.2. The van der Waals surface area contributed by atoms with Gasteiger partial charge in [0, 0.05) is 17.1 Å². The van der Waals surface area contributed by atoms with Gasteiger partial charge in [0.2, 0.25) is 0 Å². The summed E-state index contributed by atoms with van der Waals surface area (Å²) in [5.41, 5.74) is 1.39. The fourth-order valence-corrected chi connectivity index (χ4v) is 1.77. The highest BCUT2D eigenvalue weighted by Gasteiger charge is 2.02. The molecule has 1 aromatic carbocycles. The summed E-state index contributed by atoms with van der Waals surface area (Å²) in [6, 6.07) is 12.7. The first-order chi connectivity index (χ1) is 9.79. The van der Waals surface area contributed by atoms with Crippen molar-refractivity contribution >= 4 is 27.8 Å². The van der Waals surface area contributed by atoms with Crippen LogP contribution in [0.25, 0.3) is 6.08 Å². The summed E-state index contributed by atoms with van der Waals surface area (Å²) in [5.74, 6) is 0.706. The maximum atomic E-state index is 12.0. The van der Waals surface area contributed by atoms with Crippen molar-refractivity contribution in [3.05, 3.63) is 66.0 Å². The Labute approximate surface area is 126 Å². The van der Waals surface area contributed by atoms with Gasteiger partial charge in [-0.3, -0.25) is 9.78 Å². The van der Waals surface area contributed by atoms with Crippen molar-refractivity contribution in [3.8, 4) is 5.75 Å². The Morgan fingerprint density at radius 3 is 2.65 bits per heavy atom. The minimum Gasteiger partial charge on any atom is -0.493 e. The van der Waals surface area contributed by atoms with E-state index in [1.54, 1.807) is 36.5 Å². The highest BCUT2D eigenvalue weighted by Crippen LogP contribution is 2.13. The van der Waals surface area contributed by atoms with Crippen LogP contribution in [0.3, 0.4) is 0 Å². The molecule has 0 fully saturated rings. The molecule has 1 aromatic heterocycles. The Kier molecular flexibility index (Phi) is 5.50. The largest absolute Gasteiger partial charge is 0.493 e. The standard InChI is InChI=1S/C16H14BrNO2/c17-10-12-20-15-7-4-13(5-8-15)16(19)9-6-14-3-1-2-11-18-14/h1-9,11H,10,12H2/b9-6+. The molecule has 0 saturated heterocycles. The first-order valence-corrected chi connectivity index (χ1v) is 7.34. The average Bonchev–Trinajstić information content (AvgIpc) is 2.52. The Balaban J connectivity index is 2.00. The molecule has 3 nitrogen and oxygen atoms in total. The van der Waals surface area contributed by atoms with Gasteiger partial charge in [0.05, 0.1) is 12.3 Å². The van der Waals surface area contributed by atoms with Crippen molar-refractivity contribution in [2.75, 3.05) is 11.9 Å². The van der Waals surface area contributed by atoms with E-state index in [0.717, 1.165) is 16.8 Å². The van der Waals surface area contributed by atoms with Gasteiger partial charge in [0.1, 0.15) is 5.75 Å². The van der Waals surface area contributed by atoms with Crippen LogP contribution < -0.4 is 4.74 Å². The third kappa shape index (κ3) is 4.31. The number of rotatable bonds is 6. The van der Waals surface area contributed by atoms with Gasteiger partial charge in [-0.25, -0.2) is 0 Å². The first kappa shape index (κ1) is 14.5. The second kappa shape index (κ2) is 7.60. The summed E-state index contributed by atoms with van der Waals surface area (Å²) in [4.78, 5) is 16.1. The molecular weight excluding hydrogens is 318 g/mol. The summed E-state index contributed by atoms with van der Waals surface area (Å²) < 4.78 is 5.43. The van der Waals surface area contributed by atoms with E-state index in [0.29, 0.717) is 12.2 Å². The number of carbonyl (C=O) groups is 1. The molecule has 2 rings (SSSR count). The lowest BCUT2D eigenvalue weighted by atomic mass is 10.1. The van der Waals surface area contributed by atoms with Gasteiger partial charge >= 0.3 is 0 Å². The minimum atomic E-state index is -0.0531. The summed E-state index contributed by atoms with van der Waals surface area (Å²) in [5, 5.41) is 0.778. The third-order valence-electron chi connectivity index (χ3n) is 2.58. The van der Waals surface area contributed by atoms with Gasteiger partial charge in [0.25, 0.3) is 0 Å². The smallest absolute Gasteiger partial charge is 0.185 e. The third-order valence-corrected chi connectivity index (χ3v) is 2.90.